The third-order valence-corrected chi connectivity index (χ3v) is 4.93. The molecule has 0 saturated carbocycles. The molecule has 0 aromatic heterocycles. The number of hydrogen-bond acceptors (Lipinski definition) is 4. The van der Waals surface area contributed by atoms with Crippen LogP contribution in [0.25, 0.3) is 0 Å². The van der Waals surface area contributed by atoms with E-state index in [4.69, 9.17) is 14.6 Å². The van der Waals surface area contributed by atoms with Gasteiger partial charge in [0.1, 0.15) is 18.1 Å². The number of allylic oxidation sites excluding steroid dienone is 4. The average molecular weight is 462 g/mol. The molecule has 180 valence electrons. The van der Waals surface area contributed by atoms with Crippen molar-refractivity contribution in [3.05, 3.63) is 95.7 Å². The van der Waals surface area contributed by atoms with Gasteiger partial charge >= 0.3 is 5.97 Å². The highest BCUT2D eigenvalue weighted by atomic mass is 16.5. The third kappa shape index (κ3) is 10.3. The maximum Gasteiger partial charge on any atom is 0.303 e. The summed E-state index contributed by atoms with van der Waals surface area (Å²) < 4.78 is 11.9. The van der Waals surface area contributed by atoms with Crippen molar-refractivity contribution in [3.63, 3.8) is 0 Å². The summed E-state index contributed by atoms with van der Waals surface area (Å²) in [6.07, 6.45) is 11.1. The molecule has 5 heteroatoms. The molecule has 1 N–H and O–H groups in total. The van der Waals surface area contributed by atoms with Crippen LogP contribution in [0.5, 0.6) is 11.5 Å². The van der Waals surface area contributed by atoms with Gasteiger partial charge in [0.2, 0.25) is 0 Å². The van der Waals surface area contributed by atoms with E-state index in [-0.39, 0.29) is 6.42 Å². The van der Waals surface area contributed by atoms with E-state index in [2.05, 4.69) is 43.6 Å². The van der Waals surface area contributed by atoms with Crippen LogP contribution in [0.2, 0.25) is 0 Å². The lowest BCUT2D eigenvalue weighted by Gasteiger charge is -2.14. The molecule has 0 unspecified atom stereocenters. The molecule has 0 saturated heterocycles. The fraction of sp³-hybridized carbons (Fsp3) is 0.310. The number of hydrogen-bond donors (Lipinski definition) is 1. The van der Waals surface area contributed by atoms with E-state index in [0.717, 1.165) is 35.2 Å². The van der Waals surface area contributed by atoms with Crippen LogP contribution in [-0.4, -0.2) is 23.9 Å². The van der Waals surface area contributed by atoms with Crippen molar-refractivity contribution in [2.45, 2.75) is 52.6 Å². The Labute approximate surface area is 203 Å². The lowest BCUT2D eigenvalue weighted by Crippen LogP contribution is -2.03. The van der Waals surface area contributed by atoms with E-state index in [0.29, 0.717) is 37.6 Å². The summed E-state index contributed by atoms with van der Waals surface area (Å²) in [5, 5.41) is 9.05. The zero-order valence-electron chi connectivity index (χ0n) is 20.2. The van der Waals surface area contributed by atoms with Crippen LogP contribution in [0.15, 0.2) is 89.6 Å². The van der Waals surface area contributed by atoms with E-state index in [1.54, 1.807) is 0 Å². The number of aryl methyl sites for hydroxylation is 1. The van der Waals surface area contributed by atoms with E-state index < -0.39 is 5.97 Å². The minimum Gasteiger partial charge on any atom is -0.493 e. The van der Waals surface area contributed by atoms with E-state index in [1.807, 2.05) is 54.7 Å². The van der Waals surface area contributed by atoms with Gasteiger partial charge in [-0.1, -0.05) is 75.1 Å². The standard InChI is InChI=1S/C29H35NO4/c1-4-6-11-24(10-5-2)21-30-23(3)18-19-33-27-16-14-26(15-17-29(31)32)28(20-27)34-22-25-12-8-7-9-13-25/h6-14,16,20-21H,3-5,15,17-19,22H2,1-2H3,(H,31,32)/b11-6-,24-10+,30-21?. The number of carboxylic acid groups (broad SMARTS) is 1. The fourth-order valence-electron chi connectivity index (χ4n) is 3.11. The smallest absolute Gasteiger partial charge is 0.303 e. The van der Waals surface area contributed by atoms with Crippen LogP contribution >= 0.6 is 0 Å². The minimum atomic E-state index is -0.837. The Balaban J connectivity index is 1.98. The minimum absolute atomic E-state index is 0.0433. The first kappa shape index (κ1) is 26.7. The maximum atomic E-state index is 11.0. The summed E-state index contributed by atoms with van der Waals surface area (Å²) in [6, 6.07) is 15.4. The van der Waals surface area contributed by atoms with Crippen LogP contribution in [0.3, 0.4) is 0 Å². The lowest BCUT2D eigenvalue weighted by atomic mass is 10.1. The van der Waals surface area contributed by atoms with Crippen LogP contribution in [-0.2, 0) is 17.8 Å². The Morgan fingerprint density at radius 2 is 1.85 bits per heavy atom. The van der Waals surface area contributed by atoms with Crippen molar-refractivity contribution in [1.82, 2.24) is 0 Å². The Hall–Kier alpha value is -3.60. The average Bonchev–Trinajstić information content (AvgIpc) is 2.84. The van der Waals surface area contributed by atoms with Gasteiger partial charge < -0.3 is 14.6 Å². The summed E-state index contributed by atoms with van der Waals surface area (Å²) in [6.45, 7) is 9.05. The van der Waals surface area contributed by atoms with Gasteiger partial charge in [0, 0.05) is 30.8 Å². The van der Waals surface area contributed by atoms with Crippen molar-refractivity contribution in [2.75, 3.05) is 6.61 Å². The number of nitrogens with zero attached hydrogens (tertiary/aromatic N) is 1. The summed E-state index contributed by atoms with van der Waals surface area (Å²) in [5.74, 6) is 0.461. The molecule has 34 heavy (non-hydrogen) atoms. The molecule has 0 amide bonds. The fourth-order valence-corrected chi connectivity index (χ4v) is 3.11. The molecular formula is C29H35NO4. The lowest BCUT2D eigenvalue weighted by molar-refractivity contribution is -0.136. The van der Waals surface area contributed by atoms with Gasteiger partial charge in [-0.15, -0.1) is 0 Å². The Bertz CT molecular complexity index is 1010. The molecule has 0 atom stereocenters. The van der Waals surface area contributed by atoms with Gasteiger partial charge in [-0.05, 0) is 42.0 Å². The third-order valence-electron chi connectivity index (χ3n) is 4.93. The second-order valence-corrected chi connectivity index (χ2v) is 7.78. The van der Waals surface area contributed by atoms with E-state index in [9.17, 15) is 4.79 Å². The van der Waals surface area contributed by atoms with Gasteiger partial charge in [-0.25, -0.2) is 0 Å². The summed E-state index contributed by atoms with van der Waals surface area (Å²) in [5.41, 5.74) is 3.70. The largest absolute Gasteiger partial charge is 0.493 e. The highest BCUT2D eigenvalue weighted by Gasteiger charge is 2.09. The second-order valence-electron chi connectivity index (χ2n) is 7.78. The molecule has 2 rings (SSSR count). The van der Waals surface area contributed by atoms with E-state index >= 15 is 0 Å². The Kier molecular flexibility index (Phi) is 12.0. The van der Waals surface area contributed by atoms with Gasteiger partial charge in [0.15, 0.2) is 0 Å². The molecule has 0 aliphatic carbocycles. The van der Waals surface area contributed by atoms with E-state index in [1.165, 1.54) is 0 Å². The first-order valence-electron chi connectivity index (χ1n) is 11.7. The molecule has 0 bridgehead atoms. The molecule has 0 spiro atoms. The molecule has 0 fully saturated rings. The van der Waals surface area contributed by atoms with Crippen molar-refractivity contribution in [1.29, 1.82) is 0 Å². The van der Waals surface area contributed by atoms with Gasteiger partial charge in [-0.2, -0.15) is 0 Å². The summed E-state index contributed by atoms with van der Waals surface area (Å²) in [4.78, 5) is 15.5. The number of rotatable bonds is 15. The highest BCUT2D eigenvalue weighted by Crippen LogP contribution is 2.27. The number of aliphatic carboxylic acids is 1. The molecule has 2 aromatic carbocycles. The Morgan fingerprint density at radius 1 is 1.06 bits per heavy atom. The molecule has 0 radical (unpaired) electrons. The first-order valence-corrected chi connectivity index (χ1v) is 11.7. The van der Waals surface area contributed by atoms with Crippen LogP contribution in [0, 0.1) is 0 Å². The maximum absolute atomic E-state index is 11.0. The predicted molar refractivity (Wildman–Crippen MR) is 139 cm³/mol. The van der Waals surface area contributed by atoms with Gasteiger partial charge in [0.05, 0.1) is 6.61 Å². The predicted octanol–water partition coefficient (Wildman–Crippen LogP) is 6.94. The quantitative estimate of drug-likeness (QED) is 0.230. The number of ether oxygens (including phenoxy) is 2. The van der Waals surface area contributed by atoms with Crippen LogP contribution in [0.4, 0.5) is 0 Å². The second kappa shape index (κ2) is 15.3. The molecular weight excluding hydrogens is 426 g/mol. The normalized spacial score (nSPS) is 11.8. The Morgan fingerprint density at radius 3 is 2.56 bits per heavy atom. The van der Waals surface area contributed by atoms with Gasteiger partial charge in [0.25, 0.3) is 0 Å². The number of benzene rings is 2. The number of aliphatic imine (C=N–C) groups is 1. The van der Waals surface area contributed by atoms with Crippen LogP contribution in [0.1, 0.15) is 50.7 Å². The number of carbonyl (C=O) groups is 1. The molecule has 0 aliphatic rings. The molecule has 0 aliphatic heterocycles. The summed E-state index contributed by atoms with van der Waals surface area (Å²) in [7, 11) is 0. The topological polar surface area (TPSA) is 68.1 Å². The number of carboxylic acids is 1. The zero-order valence-corrected chi connectivity index (χ0v) is 20.2. The van der Waals surface area contributed by atoms with Crippen LogP contribution < -0.4 is 9.47 Å². The molecule has 0 heterocycles. The van der Waals surface area contributed by atoms with Crippen molar-refractivity contribution in [2.24, 2.45) is 4.99 Å². The molecule has 5 nitrogen and oxygen atoms in total. The van der Waals surface area contributed by atoms with Crippen molar-refractivity contribution >= 4 is 12.2 Å². The van der Waals surface area contributed by atoms with Crippen molar-refractivity contribution < 1.29 is 19.4 Å². The first-order chi connectivity index (χ1) is 16.5. The summed E-state index contributed by atoms with van der Waals surface area (Å²) >= 11 is 0. The zero-order chi connectivity index (χ0) is 24.6. The molecule has 2 aromatic rings. The van der Waals surface area contributed by atoms with Crippen molar-refractivity contribution in [3.8, 4) is 11.5 Å². The monoisotopic (exact) mass is 461 g/mol. The SMILES string of the molecule is C=C(CCOc1ccc(CCC(=O)O)c(OCc2ccccc2)c1)N=CC(/C=C\CC)=C/CC. The van der Waals surface area contributed by atoms with Gasteiger partial charge in [-0.3, -0.25) is 9.79 Å². The highest BCUT2D eigenvalue weighted by molar-refractivity contribution is 5.82.